The summed E-state index contributed by atoms with van der Waals surface area (Å²) in [5.41, 5.74) is 5.31. The highest BCUT2D eigenvalue weighted by atomic mass is 79.9. The van der Waals surface area contributed by atoms with Crippen molar-refractivity contribution in [2.75, 3.05) is 13.2 Å². The fourth-order valence-corrected chi connectivity index (χ4v) is 0.942. The van der Waals surface area contributed by atoms with Crippen molar-refractivity contribution in [2.24, 2.45) is 5.73 Å². The Hall–Kier alpha value is -0.610. The van der Waals surface area contributed by atoms with Crippen LogP contribution < -0.4 is 10.5 Å². The molecule has 0 atom stereocenters. The largest absolute Gasteiger partial charge is 0.478 e. The number of ether oxygens (including phenoxy) is 1. The Morgan fingerprint density at radius 2 is 2.33 bits per heavy atom. The second-order valence-corrected chi connectivity index (χ2v) is 3.22. The third kappa shape index (κ3) is 3.19. The van der Waals surface area contributed by atoms with Gasteiger partial charge in [-0.15, -0.1) is 0 Å². The van der Waals surface area contributed by atoms with Crippen LogP contribution in [0, 0.1) is 0 Å². The first-order chi connectivity index (χ1) is 5.83. The average molecular weight is 231 g/mol. The molecule has 0 saturated heterocycles. The van der Waals surface area contributed by atoms with Crippen LogP contribution >= 0.6 is 15.9 Å². The molecule has 66 valence electrons. The second kappa shape index (κ2) is 5.11. The molecule has 1 aromatic rings. The summed E-state index contributed by atoms with van der Waals surface area (Å²) in [6, 6.07) is 3.71. The van der Waals surface area contributed by atoms with Gasteiger partial charge in [-0.05, 0) is 35.0 Å². The minimum atomic E-state index is 0.630. The van der Waals surface area contributed by atoms with Crippen molar-refractivity contribution in [2.45, 2.75) is 6.42 Å². The molecule has 4 heteroatoms. The molecule has 0 aliphatic carbocycles. The van der Waals surface area contributed by atoms with Gasteiger partial charge in [0.2, 0.25) is 5.88 Å². The molecule has 0 spiro atoms. The molecule has 1 rings (SSSR count). The average Bonchev–Trinajstić information content (AvgIpc) is 2.09. The van der Waals surface area contributed by atoms with Crippen LogP contribution in [0.5, 0.6) is 5.88 Å². The Kier molecular flexibility index (Phi) is 4.04. The van der Waals surface area contributed by atoms with E-state index in [1.54, 1.807) is 6.20 Å². The van der Waals surface area contributed by atoms with Gasteiger partial charge in [0, 0.05) is 16.7 Å². The standard InChI is InChI=1S/C8H11BrN2O/c9-7-2-3-8(11-6-7)12-5-1-4-10/h2-3,6H,1,4-5,10H2. The van der Waals surface area contributed by atoms with Gasteiger partial charge in [0.1, 0.15) is 0 Å². The van der Waals surface area contributed by atoms with E-state index in [9.17, 15) is 0 Å². The number of nitrogens with zero attached hydrogens (tertiary/aromatic N) is 1. The maximum absolute atomic E-state index is 5.31. The van der Waals surface area contributed by atoms with E-state index in [-0.39, 0.29) is 0 Å². The smallest absolute Gasteiger partial charge is 0.213 e. The van der Waals surface area contributed by atoms with Gasteiger partial charge in [-0.1, -0.05) is 0 Å². The third-order valence-electron chi connectivity index (χ3n) is 1.30. The van der Waals surface area contributed by atoms with E-state index in [0.29, 0.717) is 19.0 Å². The van der Waals surface area contributed by atoms with Crippen molar-refractivity contribution < 1.29 is 4.74 Å². The molecular weight excluding hydrogens is 220 g/mol. The zero-order chi connectivity index (χ0) is 8.81. The van der Waals surface area contributed by atoms with Crippen molar-refractivity contribution in [1.29, 1.82) is 0 Å². The molecule has 0 bridgehead atoms. The number of nitrogens with two attached hydrogens (primary N) is 1. The third-order valence-corrected chi connectivity index (χ3v) is 1.77. The van der Waals surface area contributed by atoms with Crippen LogP contribution in [0.1, 0.15) is 6.42 Å². The van der Waals surface area contributed by atoms with E-state index in [1.165, 1.54) is 0 Å². The molecular formula is C8H11BrN2O. The van der Waals surface area contributed by atoms with Crippen LogP contribution in [-0.2, 0) is 0 Å². The number of halogens is 1. The van der Waals surface area contributed by atoms with Crippen LogP contribution in [0.2, 0.25) is 0 Å². The van der Waals surface area contributed by atoms with Crippen LogP contribution in [0.4, 0.5) is 0 Å². The summed E-state index contributed by atoms with van der Waals surface area (Å²) in [7, 11) is 0. The number of hydrogen-bond donors (Lipinski definition) is 1. The van der Waals surface area contributed by atoms with E-state index >= 15 is 0 Å². The Morgan fingerprint density at radius 3 is 2.92 bits per heavy atom. The summed E-state index contributed by atoms with van der Waals surface area (Å²) in [5.74, 6) is 0.645. The lowest BCUT2D eigenvalue weighted by Crippen LogP contribution is -2.06. The molecule has 0 aliphatic rings. The highest BCUT2D eigenvalue weighted by Crippen LogP contribution is 2.11. The highest BCUT2D eigenvalue weighted by molar-refractivity contribution is 9.10. The summed E-state index contributed by atoms with van der Waals surface area (Å²) in [4.78, 5) is 4.04. The summed E-state index contributed by atoms with van der Waals surface area (Å²) < 4.78 is 6.24. The van der Waals surface area contributed by atoms with Gasteiger partial charge in [-0.3, -0.25) is 0 Å². The molecule has 0 radical (unpaired) electrons. The Balaban J connectivity index is 2.37. The number of rotatable bonds is 4. The summed E-state index contributed by atoms with van der Waals surface area (Å²) in [5, 5.41) is 0. The van der Waals surface area contributed by atoms with Gasteiger partial charge >= 0.3 is 0 Å². The van der Waals surface area contributed by atoms with Gasteiger partial charge in [-0.2, -0.15) is 0 Å². The molecule has 0 aromatic carbocycles. The molecule has 0 aliphatic heterocycles. The van der Waals surface area contributed by atoms with Crippen molar-refractivity contribution in [3.8, 4) is 5.88 Å². The van der Waals surface area contributed by atoms with Crippen LogP contribution in [0.15, 0.2) is 22.8 Å². The van der Waals surface area contributed by atoms with Crippen molar-refractivity contribution in [1.82, 2.24) is 4.98 Å². The molecule has 1 heterocycles. The molecule has 0 unspecified atom stereocenters. The maximum atomic E-state index is 5.31. The topological polar surface area (TPSA) is 48.1 Å². The minimum Gasteiger partial charge on any atom is -0.478 e. The molecule has 2 N–H and O–H groups in total. The van der Waals surface area contributed by atoms with Gasteiger partial charge in [0.25, 0.3) is 0 Å². The van der Waals surface area contributed by atoms with Crippen LogP contribution in [-0.4, -0.2) is 18.1 Å². The summed E-state index contributed by atoms with van der Waals surface area (Å²) in [6.45, 7) is 1.28. The van der Waals surface area contributed by atoms with E-state index < -0.39 is 0 Å². The van der Waals surface area contributed by atoms with E-state index in [4.69, 9.17) is 10.5 Å². The van der Waals surface area contributed by atoms with Gasteiger partial charge in [0.05, 0.1) is 6.61 Å². The first-order valence-corrected chi connectivity index (χ1v) is 4.56. The highest BCUT2D eigenvalue weighted by Gasteiger charge is 1.93. The SMILES string of the molecule is NCCCOc1ccc(Br)cn1. The normalized spacial score (nSPS) is 9.83. The lowest BCUT2D eigenvalue weighted by Gasteiger charge is -2.02. The minimum absolute atomic E-state index is 0.630. The van der Waals surface area contributed by atoms with Crippen molar-refractivity contribution in [3.05, 3.63) is 22.8 Å². The predicted molar refractivity (Wildman–Crippen MR) is 51.1 cm³/mol. The molecule has 12 heavy (non-hydrogen) atoms. The Labute approximate surface area is 80.1 Å². The summed E-state index contributed by atoms with van der Waals surface area (Å²) in [6.07, 6.45) is 2.57. The monoisotopic (exact) mass is 230 g/mol. The van der Waals surface area contributed by atoms with Gasteiger partial charge in [0.15, 0.2) is 0 Å². The molecule has 0 saturated carbocycles. The van der Waals surface area contributed by atoms with Crippen molar-refractivity contribution >= 4 is 15.9 Å². The van der Waals surface area contributed by atoms with E-state index in [0.717, 1.165) is 10.9 Å². The number of aromatic nitrogens is 1. The molecule has 3 nitrogen and oxygen atoms in total. The zero-order valence-electron chi connectivity index (χ0n) is 6.66. The van der Waals surface area contributed by atoms with Crippen LogP contribution in [0.3, 0.4) is 0 Å². The zero-order valence-corrected chi connectivity index (χ0v) is 8.25. The lowest BCUT2D eigenvalue weighted by atomic mass is 10.4. The van der Waals surface area contributed by atoms with E-state index in [1.807, 2.05) is 12.1 Å². The Bertz CT molecular complexity index is 225. The van der Waals surface area contributed by atoms with Gasteiger partial charge in [-0.25, -0.2) is 4.98 Å². The fraction of sp³-hybridized carbons (Fsp3) is 0.375. The lowest BCUT2D eigenvalue weighted by molar-refractivity contribution is 0.301. The fourth-order valence-electron chi connectivity index (χ4n) is 0.708. The Morgan fingerprint density at radius 1 is 1.50 bits per heavy atom. The molecule has 0 fully saturated rings. The quantitative estimate of drug-likeness (QED) is 0.800. The van der Waals surface area contributed by atoms with Crippen molar-refractivity contribution in [3.63, 3.8) is 0 Å². The molecule has 1 aromatic heterocycles. The second-order valence-electron chi connectivity index (χ2n) is 2.31. The summed E-state index contributed by atoms with van der Waals surface area (Å²) >= 11 is 3.29. The number of pyridine rings is 1. The first-order valence-electron chi connectivity index (χ1n) is 3.77. The molecule has 0 amide bonds. The van der Waals surface area contributed by atoms with Gasteiger partial charge < -0.3 is 10.5 Å². The predicted octanol–water partition coefficient (Wildman–Crippen LogP) is 1.57. The van der Waals surface area contributed by atoms with Crippen LogP contribution in [0.25, 0.3) is 0 Å². The van der Waals surface area contributed by atoms with E-state index in [2.05, 4.69) is 20.9 Å². The first kappa shape index (κ1) is 9.48. The number of hydrogen-bond acceptors (Lipinski definition) is 3. The maximum Gasteiger partial charge on any atom is 0.213 e.